The Kier molecular flexibility index (Phi) is 5.79. The van der Waals surface area contributed by atoms with E-state index in [4.69, 9.17) is 5.73 Å². The van der Waals surface area contributed by atoms with Crippen LogP contribution in [-0.2, 0) is 0 Å². The second-order valence-corrected chi connectivity index (χ2v) is 5.36. The van der Waals surface area contributed by atoms with Crippen molar-refractivity contribution in [3.8, 4) is 11.8 Å². The zero-order valence-electron chi connectivity index (χ0n) is 12.6. The SMILES string of the molecule is CN(CCN1CCCC1)C(=O)c1ccc(C#CCN)cc1. The standard InChI is InChI=1S/C17H23N3O/c1-19(13-14-20-11-2-3-12-20)17(21)16-8-6-15(7-9-16)5-4-10-18/h6-9H,2-3,10-14,18H2,1H3. The Hall–Kier alpha value is -1.83. The number of carbonyl (C=O) groups is 1. The predicted molar refractivity (Wildman–Crippen MR) is 85.0 cm³/mol. The fraction of sp³-hybridized carbons (Fsp3) is 0.471. The number of carbonyl (C=O) groups excluding carboxylic acids is 1. The minimum Gasteiger partial charge on any atom is -0.340 e. The lowest BCUT2D eigenvalue weighted by Crippen LogP contribution is -2.35. The second kappa shape index (κ2) is 7.82. The Balaban J connectivity index is 1.88. The molecular weight excluding hydrogens is 262 g/mol. The van der Waals surface area contributed by atoms with Crippen molar-refractivity contribution in [2.45, 2.75) is 12.8 Å². The normalized spacial score (nSPS) is 14.6. The molecule has 0 spiro atoms. The molecule has 1 aromatic rings. The average molecular weight is 285 g/mol. The summed E-state index contributed by atoms with van der Waals surface area (Å²) in [6.07, 6.45) is 2.56. The third-order valence-corrected chi connectivity index (χ3v) is 3.76. The van der Waals surface area contributed by atoms with Gasteiger partial charge in [-0.15, -0.1) is 0 Å². The van der Waals surface area contributed by atoms with Crippen LogP contribution in [0.5, 0.6) is 0 Å². The molecule has 2 N–H and O–H groups in total. The number of nitrogens with zero attached hydrogens (tertiary/aromatic N) is 2. The first-order valence-electron chi connectivity index (χ1n) is 7.47. The number of amides is 1. The lowest BCUT2D eigenvalue weighted by atomic mass is 10.1. The van der Waals surface area contributed by atoms with Gasteiger partial charge in [-0.05, 0) is 50.2 Å². The zero-order valence-corrected chi connectivity index (χ0v) is 12.6. The molecule has 1 fully saturated rings. The largest absolute Gasteiger partial charge is 0.340 e. The van der Waals surface area contributed by atoms with Crippen LogP contribution in [0.2, 0.25) is 0 Å². The van der Waals surface area contributed by atoms with Crippen molar-refractivity contribution in [1.29, 1.82) is 0 Å². The van der Waals surface area contributed by atoms with E-state index in [2.05, 4.69) is 16.7 Å². The molecule has 1 heterocycles. The first kappa shape index (κ1) is 15.6. The highest BCUT2D eigenvalue weighted by Gasteiger charge is 2.15. The van der Waals surface area contributed by atoms with Crippen LogP contribution in [0.4, 0.5) is 0 Å². The van der Waals surface area contributed by atoms with Crippen LogP contribution in [0.25, 0.3) is 0 Å². The molecule has 4 nitrogen and oxygen atoms in total. The second-order valence-electron chi connectivity index (χ2n) is 5.36. The molecule has 0 bridgehead atoms. The molecule has 0 aliphatic carbocycles. The van der Waals surface area contributed by atoms with Gasteiger partial charge in [0.05, 0.1) is 6.54 Å². The van der Waals surface area contributed by atoms with Gasteiger partial charge in [-0.2, -0.15) is 0 Å². The summed E-state index contributed by atoms with van der Waals surface area (Å²) in [6.45, 7) is 4.41. The molecule has 0 unspecified atom stereocenters. The van der Waals surface area contributed by atoms with E-state index in [9.17, 15) is 4.79 Å². The number of nitrogens with two attached hydrogens (primary N) is 1. The molecule has 1 aromatic carbocycles. The third-order valence-electron chi connectivity index (χ3n) is 3.76. The quantitative estimate of drug-likeness (QED) is 0.845. The molecule has 0 radical (unpaired) electrons. The Morgan fingerprint density at radius 1 is 1.29 bits per heavy atom. The molecule has 1 aliphatic heterocycles. The van der Waals surface area contributed by atoms with Gasteiger partial charge >= 0.3 is 0 Å². The summed E-state index contributed by atoms with van der Waals surface area (Å²) in [5.41, 5.74) is 6.93. The van der Waals surface area contributed by atoms with Gasteiger partial charge in [-0.25, -0.2) is 0 Å². The van der Waals surface area contributed by atoms with Crippen LogP contribution < -0.4 is 5.73 Å². The smallest absolute Gasteiger partial charge is 0.253 e. The molecule has 2 rings (SSSR count). The molecule has 0 atom stereocenters. The lowest BCUT2D eigenvalue weighted by Gasteiger charge is -2.21. The summed E-state index contributed by atoms with van der Waals surface area (Å²) in [5.74, 6) is 5.82. The highest BCUT2D eigenvalue weighted by Crippen LogP contribution is 2.09. The molecular formula is C17H23N3O. The van der Waals surface area contributed by atoms with Crippen LogP contribution in [0.3, 0.4) is 0 Å². The predicted octanol–water partition coefficient (Wildman–Crippen LogP) is 1.16. The molecule has 1 amide bonds. The van der Waals surface area contributed by atoms with Crippen LogP contribution in [-0.4, -0.2) is 55.5 Å². The van der Waals surface area contributed by atoms with Gasteiger partial charge in [0.25, 0.3) is 5.91 Å². The van der Waals surface area contributed by atoms with Crippen molar-refractivity contribution >= 4 is 5.91 Å². The van der Waals surface area contributed by atoms with Gasteiger partial charge in [0.15, 0.2) is 0 Å². The number of hydrogen-bond donors (Lipinski definition) is 1. The average Bonchev–Trinajstić information content (AvgIpc) is 3.04. The zero-order chi connectivity index (χ0) is 15.1. The van der Waals surface area contributed by atoms with Crippen molar-refractivity contribution in [1.82, 2.24) is 9.80 Å². The van der Waals surface area contributed by atoms with Crippen molar-refractivity contribution in [2.24, 2.45) is 5.73 Å². The van der Waals surface area contributed by atoms with E-state index in [0.29, 0.717) is 12.1 Å². The molecule has 4 heteroatoms. The Labute approximate surface area is 126 Å². The summed E-state index contributed by atoms with van der Waals surface area (Å²) < 4.78 is 0. The van der Waals surface area contributed by atoms with E-state index < -0.39 is 0 Å². The minimum absolute atomic E-state index is 0.0625. The van der Waals surface area contributed by atoms with E-state index in [0.717, 1.165) is 31.7 Å². The maximum Gasteiger partial charge on any atom is 0.253 e. The lowest BCUT2D eigenvalue weighted by molar-refractivity contribution is 0.0782. The Morgan fingerprint density at radius 3 is 2.57 bits per heavy atom. The van der Waals surface area contributed by atoms with Crippen LogP contribution in [0.1, 0.15) is 28.8 Å². The van der Waals surface area contributed by atoms with Gasteiger partial charge in [-0.3, -0.25) is 4.79 Å². The van der Waals surface area contributed by atoms with Crippen LogP contribution >= 0.6 is 0 Å². The van der Waals surface area contributed by atoms with E-state index in [1.54, 1.807) is 4.90 Å². The first-order valence-corrected chi connectivity index (χ1v) is 7.47. The molecule has 1 aliphatic rings. The van der Waals surface area contributed by atoms with Crippen molar-refractivity contribution in [3.63, 3.8) is 0 Å². The summed E-state index contributed by atoms with van der Waals surface area (Å²) >= 11 is 0. The highest BCUT2D eigenvalue weighted by atomic mass is 16.2. The number of hydrogen-bond acceptors (Lipinski definition) is 3. The third kappa shape index (κ3) is 4.59. The topological polar surface area (TPSA) is 49.6 Å². The summed E-state index contributed by atoms with van der Waals surface area (Å²) in [7, 11) is 1.86. The van der Waals surface area contributed by atoms with Gasteiger partial charge in [-0.1, -0.05) is 11.8 Å². The van der Waals surface area contributed by atoms with Crippen molar-refractivity contribution in [2.75, 3.05) is 39.8 Å². The first-order chi connectivity index (χ1) is 10.2. The van der Waals surface area contributed by atoms with E-state index in [-0.39, 0.29) is 5.91 Å². The monoisotopic (exact) mass is 285 g/mol. The highest BCUT2D eigenvalue weighted by molar-refractivity contribution is 5.94. The van der Waals surface area contributed by atoms with Crippen molar-refractivity contribution in [3.05, 3.63) is 35.4 Å². The Bertz CT molecular complexity index is 521. The maximum absolute atomic E-state index is 12.3. The molecule has 0 saturated carbocycles. The summed E-state index contributed by atoms with van der Waals surface area (Å²) in [6, 6.07) is 7.39. The van der Waals surface area contributed by atoms with E-state index in [1.807, 2.05) is 31.3 Å². The van der Waals surface area contributed by atoms with E-state index >= 15 is 0 Å². The Morgan fingerprint density at radius 2 is 1.95 bits per heavy atom. The van der Waals surface area contributed by atoms with Gasteiger partial charge in [0.1, 0.15) is 0 Å². The number of rotatable bonds is 4. The summed E-state index contributed by atoms with van der Waals surface area (Å²) in [5, 5.41) is 0. The van der Waals surface area contributed by atoms with Gasteiger partial charge < -0.3 is 15.5 Å². The van der Waals surface area contributed by atoms with Gasteiger partial charge in [0, 0.05) is 31.3 Å². The maximum atomic E-state index is 12.3. The summed E-state index contributed by atoms with van der Waals surface area (Å²) in [4.78, 5) is 16.5. The molecule has 21 heavy (non-hydrogen) atoms. The molecule has 1 saturated heterocycles. The number of likely N-dealkylation sites (tertiary alicyclic amines) is 1. The van der Waals surface area contributed by atoms with E-state index in [1.165, 1.54) is 12.8 Å². The fourth-order valence-electron chi connectivity index (χ4n) is 2.47. The number of likely N-dealkylation sites (N-methyl/N-ethyl adjacent to an activating group) is 1. The fourth-order valence-corrected chi connectivity index (χ4v) is 2.47. The number of benzene rings is 1. The molecule has 0 aromatic heterocycles. The minimum atomic E-state index is 0.0625. The molecule has 112 valence electrons. The van der Waals surface area contributed by atoms with Crippen LogP contribution in [0.15, 0.2) is 24.3 Å². The van der Waals surface area contributed by atoms with Crippen LogP contribution in [0, 0.1) is 11.8 Å². The van der Waals surface area contributed by atoms with Crippen molar-refractivity contribution < 1.29 is 4.79 Å². The van der Waals surface area contributed by atoms with Gasteiger partial charge in [0.2, 0.25) is 0 Å².